The average molecular weight is 250 g/mol. The number of imidazole rings is 1. The van der Waals surface area contributed by atoms with Crippen LogP contribution in [0.25, 0.3) is 0 Å². The predicted molar refractivity (Wildman–Crippen MR) is 60.9 cm³/mol. The highest BCUT2D eigenvalue weighted by molar-refractivity contribution is 5.90. The Bertz CT molecular complexity index is 580. The Balaban J connectivity index is 2.24. The largest absolute Gasteiger partial charge is 0.483 e. The molecule has 0 amide bonds. The number of aryl methyl sites for hydroxylation is 1. The third-order valence-corrected chi connectivity index (χ3v) is 2.48. The van der Waals surface area contributed by atoms with E-state index in [4.69, 9.17) is 9.84 Å². The van der Waals surface area contributed by atoms with E-state index in [0.717, 1.165) is 11.8 Å². The van der Waals surface area contributed by atoms with Crippen molar-refractivity contribution in [3.63, 3.8) is 0 Å². The van der Waals surface area contributed by atoms with E-state index in [9.17, 15) is 9.18 Å². The molecule has 1 aromatic carbocycles. The fourth-order valence-corrected chi connectivity index (χ4v) is 1.49. The maximum Gasteiger partial charge on any atom is 0.339 e. The van der Waals surface area contributed by atoms with Crippen LogP contribution in [0.1, 0.15) is 16.1 Å². The monoisotopic (exact) mass is 250 g/mol. The summed E-state index contributed by atoms with van der Waals surface area (Å²) in [6.45, 7) is 0.0533. The molecule has 2 aromatic rings. The molecule has 2 rings (SSSR count). The number of ether oxygens (including phenoxy) is 1. The first-order valence-electron chi connectivity index (χ1n) is 5.19. The van der Waals surface area contributed by atoms with Gasteiger partial charge in [-0.2, -0.15) is 0 Å². The van der Waals surface area contributed by atoms with Crippen LogP contribution in [-0.2, 0) is 13.7 Å². The minimum atomic E-state index is -1.23. The molecule has 0 aliphatic heterocycles. The van der Waals surface area contributed by atoms with Crippen molar-refractivity contribution in [2.24, 2.45) is 7.05 Å². The second kappa shape index (κ2) is 4.87. The van der Waals surface area contributed by atoms with Crippen molar-refractivity contribution in [1.82, 2.24) is 9.55 Å². The molecule has 0 saturated carbocycles. The van der Waals surface area contributed by atoms with Gasteiger partial charge in [0.15, 0.2) is 11.6 Å². The average Bonchev–Trinajstić information content (AvgIpc) is 2.73. The fourth-order valence-electron chi connectivity index (χ4n) is 1.49. The van der Waals surface area contributed by atoms with Crippen LogP contribution in [0.4, 0.5) is 4.39 Å². The summed E-state index contributed by atoms with van der Waals surface area (Å²) in [7, 11) is 1.77. The van der Waals surface area contributed by atoms with Gasteiger partial charge in [-0.1, -0.05) is 6.07 Å². The number of carboxylic acid groups (broad SMARTS) is 1. The Hall–Kier alpha value is -2.37. The number of aromatic nitrogens is 2. The Morgan fingerprint density at radius 2 is 2.33 bits per heavy atom. The molecule has 6 heteroatoms. The number of nitrogens with zero attached hydrogens (tertiary/aromatic N) is 2. The van der Waals surface area contributed by atoms with Crippen molar-refractivity contribution < 1.29 is 19.0 Å². The van der Waals surface area contributed by atoms with Crippen LogP contribution in [0.15, 0.2) is 30.7 Å². The van der Waals surface area contributed by atoms with Crippen molar-refractivity contribution in [2.45, 2.75) is 6.61 Å². The van der Waals surface area contributed by atoms with Crippen LogP contribution < -0.4 is 4.74 Å². The van der Waals surface area contributed by atoms with Crippen LogP contribution in [0.2, 0.25) is 0 Å². The van der Waals surface area contributed by atoms with Gasteiger partial charge >= 0.3 is 5.97 Å². The van der Waals surface area contributed by atoms with E-state index < -0.39 is 11.8 Å². The fraction of sp³-hybridized carbons (Fsp3) is 0.167. The molecule has 1 aromatic heterocycles. The van der Waals surface area contributed by atoms with E-state index in [1.54, 1.807) is 24.1 Å². The van der Waals surface area contributed by atoms with Crippen molar-refractivity contribution in [1.29, 1.82) is 0 Å². The Morgan fingerprint density at radius 1 is 1.56 bits per heavy atom. The van der Waals surface area contributed by atoms with Gasteiger partial charge < -0.3 is 14.4 Å². The summed E-state index contributed by atoms with van der Waals surface area (Å²) in [5, 5.41) is 8.94. The van der Waals surface area contributed by atoms with E-state index in [-0.39, 0.29) is 17.9 Å². The quantitative estimate of drug-likeness (QED) is 0.899. The van der Waals surface area contributed by atoms with Gasteiger partial charge in [-0.3, -0.25) is 0 Å². The van der Waals surface area contributed by atoms with Crippen LogP contribution in [-0.4, -0.2) is 20.6 Å². The number of benzene rings is 1. The molecule has 1 heterocycles. The normalized spacial score (nSPS) is 10.3. The van der Waals surface area contributed by atoms with E-state index >= 15 is 0 Å². The highest BCUT2D eigenvalue weighted by Crippen LogP contribution is 2.23. The first-order chi connectivity index (χ1) is 8.59. The molecule has 0 atom stereocenters. The highest BCUT2D eigenvalue weighted by Gasteiger charge is 2.16. The molecular formula is C12H11FN2O3. The summed E-state index contributed by atoms with van der Waals surface area (Å²) in [6, 6.07) is 3.78. The Morgan fingerprint density at radius 3 is 2.94 bits per heavy atom. The number of para-hydroxylation sites is 1. The lowest BCUT2D eigenvalue weighted by Crippen LogP contribution is -2.07. The molecule has 0 spiro atoms. The predicted octanol–water partition coefficient (Wildman–Crippen LogP) is 1.84. The molecule has 0 aliphatic rings. The zero-order valence-electron chi connectivity index (χ0n) is 9.63. The lowest BCUT2D eigenvalue weighted by molar-refractivity contribution is 0.0690. The Kier molecular flexibility index (Phi) is 3.27. The molecule has 1 N–H and O–H groups in total. The lowest BCUT2D eigenvalue weighted by Gasteiger charge is -2.10. The number of hydrogen-bond donors (Lipinski definition) is 1. The zero-order chi connectivity index (χ0) is 13.1. The summed E-state index contributed by atoms with van der Waals surface area (Å²) in [5.41, 5.74) is 0.520. The summed E-state index contributed by atoms with van der Waals surface area (Å²) in [4.78, 5) is 14.8. The standard InChI is InChI=1S/C12H11FN2O3/c1-15-7-14-5-8(15)6-18-11-9(12(16)17)3-2-4-10(11)13/h2-5,7H,6H2,1H3,(H,16,17). The number of aromatic carboxylic acids is 1. The molecule has 18 heavy (non-hydrogen) atoms. The molecule has 0 saturated heterocycles. The first-order valence-corrected chi connectivity index (χ1v) is 5.19. The van der Waals surface area contributed by atoms with Crippen molar-refractivity contribution in [3.8, 4) is 5.75 Å². The van der Waals surface area contributed by atoms with E-state index in [1.165, 1.54) is 12.1 Å². The van der Waals surface area contributed by atoms with Gasteiger partial charge in [-0.05, 0) is 12.1 Å². The molecule has 0 bridgehead atoms. The number of halogens is 1. The van der Waals surface area contributed by atoms with Gasteiger partial charge in [0.25, 0.3) is 0 Å². The number of carboxylic acids is 1. The SMILES string of the molecule is Cn1cncc1COc1c(F)cccc1C(=O)O. The molecule has 94 valence electrons. The van der Waals surface area contributed by atoms with Crippen LogP contribution in [0.5, 0.6) is 5.75 Å². The zero-order valence-corrected chi connectivity index (χ0v) is 9.63. The van der Waals surface area contributed by atoms with Gasteiger partial charge in [0.2, 0.25) is 0 Å². The molecular weight excluding hydrogens is 239 g/mol. The van der Waals surface area contributed by atoms with Crippen LogP contribution >= 0.6 is 0 Å². The topological polar surface area (TPSA) is 64.4 Å². The highest BCUT2D eigenvalue weighted by atomic mass is 19.1. The van der Waals surface area contributed by atoms with Crippen molar-refractivity contribution in [2.75, 3.05) is 0 Å². The minimum absolute atomic E-state index is 0.0533. The number of carbonyl (C=O) groups is 1. The van der Waals surface area contributed by atoms with E-state index in [1.807, 2.05) is 0 Å². The van der Waals surface area contributed by atoms with Gasteiger partial charge in [-0.25, -0.2) is 14.2 Å². The van der Waals surface area contributed by atoms with Crippen molar-refractivity contribution >= 4 is 5.97 Å². The second-order valence-corrected chi connectivity index (χ2v) is 3.71. The van der Waals surface area contributed by atoms with Gasteiger partial charge in [0, 0.05) is 7.05 Å². The van der Waals surface area contributed by atoms with Gasteiger partial charge in [0.1, 0.15) is 12.2 Å². The number of hydrogen-bond acceptors (Lipinski definition) is 3. The third-order valence-electron chi connectivity index (χ3n) is 2.48. The summed E-state index contributed by atoms with van der Waals surface area (Å²) >= 11 is 0. The smallest absolute Gasteiger partial charge is 0.339 e. The van der Waals surface area contributed by atoms with Crippen LogP contribution in [0, 0.1) is 5.82 Å². The minimum Gasteiger partial charge on any atom is -0.483 e. The summed E-state index contributed by atoms with van der Waals surface area (Å²) in [6.07, 6.45) is 3.15. The second-order valence-electron chi connectivity index (χ2n) is 3.71. The summed E-state index contributed by atoms with van der Waals surface area (Å²) in [5.74, 6) is -2.18. The maximum atomic E-state index is 13.5. The molecule has 0 radical (unpaired) electrons. The lowest BCUT2D eigenvalue weighted by atomic mass is 10.2. The maximum absolute atomic E-state index is 13.5. The van der Waals surface area contributed by atoms with E-state index in [2.05, 4.69) is 4.98 Å². The van der Waals surface area contributed by atoms with E-state index in [0.29, 0.717) is 0 Å². The third kappa shape index (κ3) is 2.32. The van der Waals surface area contributed by atoms with Gasteiger partial charge in [-0.15, -0.1) is 0 Å². The molecule has 0 unspecified atom stereocenters. The molecule has 0 fully saturated rings. The van der Waals surface area contributed by atoms with Gasteiger partial charge in [0.05, 0.1) is 18.2 Å². The first kappa shape index (κ1) is 12.1. The molecule has 0 aliphatic carbocycles. The Labute approximate surface area is 102 Å². The number of rotatable bonds is 4. The summed E-state index contributed by atoms with van der Waals surface area (Å²) < 4.78 is 20.5. The molecule has 5 nitrogen and oxygen atoms in total. The van der Waals surface area contributed by atoms with Crippen LogP contribution in [0.3, 0.4) is 0 Å². The van der Waals surface area contributed by atoms with Crippen molar-refractivity contribution in [3.05, 3.63) is 47.8 Å².